The highest BCUT2D eigenvalue weighted by atomic mass is 16.5. The summed E-state index contributed by atoms with van der Waals surface area (Å²) >= 11 is 0. The first-order chi connectivity index (χ1) is 18.8. The Bertz CT molecular complexity index is 1200. The number of nitrogens with one attached hydrogen (secondary N) is 1. The number of hydrogen-bond donors (Lipinski definition) is 1. The van der Waals surface area contributed by atoms with Gasteiger partial charge in [0.2, 0.25) is 23.6 Å². The Kier molecular flexibility index (Phi) is 9.17. The first-order valence-electron chi connectivity index (χ1n) is 13.6. The van der Waals surface area contributed by atoms with Crippen LogP contribution in [-0.2, 0) is 32.1 Å². The van der Waals surface area contributed by atoms with Crippen LogP contribution >= 0.6 is 0 Å². The maximum Gasteiger partial charge on any atom is 0.243 e. The van der Waals surface area contributed by atoms with E-state index in [4.69, 9.17) is 4.74 Å². The fourth-order valence-electron chi connectivity index (χ4n) is 5.34. The molecule has 0 radical (unpaired) electrons. The Morgan fingerprint density at radius 1 is 0.974 bits per heavy atom. The van der Waals surface area contributed by atoms with Crippen LogP contribution in [0.25, 0.3) is 0 Å². The molecular weight excluding hydrogens is 494 g/mol. The van der Waals surface area contributed by atoms with Gasteiger partial charge in [0.15, 0.2) is 0 Å². The van der Waals surface area contributed by atoms with Crippen LogP contribution in [0.1, 0.15) is 44.2 Å². The molecule has 39 heavy (non-hydrogen) atoms. The smallest absolute Gasteiger partial charge is 0.243 e. The van der Waals surface area contributed by atoms with E-state index in [9.17, 15) is 19.2 Å². The lowest BCUT2D eigenvalue weighted by Gasteiger charge is -2.32. The van der Waals surface area contributed by atoms with Crippen molar-refractivity contribution in [2.75, 3.05) is 13.7 Å². The van der Waals surface area contributed by atoms with Gasteiger partial charge in [-0.15, -0.1) is 0 Å². The topological polar surface area (TPSA) is 96.0 Å². The van der Waals surface area contributed by atoms with E-state index in [0.29, 0.717) is 25.0 Å². The van der Waals surface area contributed by atoms with Crippen molar-refractivity contribution in [3.8, 4) is 5.75 Å². The van der Waals surface area contributed by atoms with Crippen molar-refractivity contribution < 1.29 is 23.9 Å². The standard InChI is InChI=1S/C31H37N3O5/c1-21(2)32-29(36)27(19-22-10-5-4-6-11-22)34(20-23-12-9-13-24(18-23)39-3)28(35)16-17-33-30(37)25-14-7-8-15-26(25)31(33)38/h4-13,18,21,25-27H,14-17,19-20H2,1-3H3,(H,32,36)/t25-,26+,27-/m1/s1. The van der Waals surface area contributed by atoms with Crippen LogP contribution < -0.4 is 10.1 Å². The minimum atomic E-state index is -0.787. The quantitative estimate of drug-likeness (QED) is 0.354. The third-order valence-corrected chi connectivity index (χ3v) is 7.34. The number of hydrogen-bond acceptors (Lipinski definition) is 5. The van der Waals surface area contributed by atoms with Gasteiger partial charge in [-0.05, 0) is 49.9 Å². The molecule has 2 aromatic carbocycles. The van der Waals surface area contributed by atoms with Gasteiger partial charge in [0.1, 0.15) is 11.8 Å². The fourth-order valence-corrected chi connectivity index (χ4v) is 5.34. The van der Waals surface area contributed by atoms with Crippen LogP contribution in [0, 0.1) is 11.8 Å². The molecule has 1 heterocycles. The van der Waals surface area contributed by atoms with E-state index in [1.54, 1.807) is 12.0 Å². The van der Waals surface area contributed by atoms with E-state index < -0.39 is 6.04 Å². The van der Waals surface area contributed by atoms with E-state index in [0.717, 1.165) is 11.1 Å². The van der Waals surface area contributed by atoms with Crippen molar-refractivity contribution in [2.24, 2.45) is 11.8 Å². The first-order valence-corrected chi connectivity index (χ1v) is 13.6. The molecular formula is C31H37N3O5. The van der Waals surface area contributed by atoms with Crippen LogP contribution in [-0.4, -0.2) is 59.2 Å². The zero-order valence-electron chi connectivity index (χ0n) is 22.8. The van der Waals surface area contributed by atoms with E-state index in [-0.39, 0.29) is 61.0 Å². The number of methoxy groups -OCH3 is 1. The largest absolute Gasteiger partial charge is 0.497 e. The number of nitrogens with zero attached hydrogens (tertiary/aromatic N) is 2. The van der Waals surface area contributed by atoms with Crippen molar-refractivity contribution >= 4 is 23.6 Å². The Labute approximate surface area is 230 Å². The fraction of sp³-hybridized carbons (Fsp3) is 0.419. The van der Waals surface area contributed by atoms with Gasteiger partial charge in [-0.3, -0.25) is 24.1 Å². The van der Waals surface area contributed by atoms with Gasteiger partial charge in [-0.1, -0.05) is 54.6 Å². The number of allylic oxidation sites excluding steroid dienone is 2. The monoisotopic (exact) mass is 531 g/mol. The van der Waals surface area contributed by atoms with Crippen molar-refractivity contribution in [3.05, 3.63) is 77.9 Å². The van der Waals surface area contributed by atoms with E-state index in [1.807, 2.05) is 80.6 Å². The summed E-state index contributed by atoms with van der Waals surface area (Å²) < 4.78 is 5.37. The summed E-state index contributed by atoms with van der Waals surface area (Å²) in [5, 5.41) is 2.97. The SMILES string of the molecule is COc1cccc(CN(C(=O)CCN2C(=O)[C@H]3CC=CC[C@H]3C2=O)[C@H](Cc2ccccc2)C(=O)NC(C)C)c1. The van der Waals surface area contributed by atoms with Gasteiger partial charge in [0.25, 0.3) is 0 Å². The van der Waals surface area contributed by atoms with Crippen LogP contribution in [0.4, 0.5) is 0 Å². The number of carbonyl (C=O) groups excluding carboxylic acids is 4. The number of rotatable bonds is 11. The highest BCUT2D eigenvalue weighted by Crippen LogP contribution is 2.35. The Morgan fingerprint density at radius 3 is 2.23 bits per heavy atom. The van der Waals surface area contributed by atoms with Crippen molar-refractivity contribution in [2.45, 2.75) is 58.2 Å². The lowest BCUT2D eigenvalue weighted by Crippen LogP contribution is -2.52. The lowest BCUT2D eigenvalue weighted by molar-refractivity contribution is -0.144. The molecule has 1 N–H and O–H groups in total. The average Bonchev–Trinajstić information content (AvgIpc) is 3.18. The molecule has 4 amide bonds. The van der Waals surface area contributed by atoms with Gasteiger partial charge in [0.05, 0.1) is 18.9 Å². The molecule has 8 heteroatoms. The summed E-state index contributed by atoms with van der Waals surface area (Å²) in [6, 6.07) is 16.1. The van der Waals surface area contributed by atoms with Gasteiger partial charge >= 0.3 is 0 Å². The predicted molar refractivity (Wildman–Crippen MR) is 147 cm³/mol. The molecule has 1 saturated heterocycles. The number of benzene rings is 2. The zero-order valence-corrected chi connectivity index (χ0v) is 22.8. The molecule has 1 aliphatic carbocycles. The summed E-state index contributed by atoms with van der Waals surface area (Å²) in [7, 11) is 1.58. The highest BCUT2D eigenvalue weighted by Gasteiger charge is 2.47. The number of ether oxygens (including phenoxy) is 1. The van der Waals surface area contributed by atoms with Gasteiger partial charge in [-0.2, -0.15) is 0 Å². The second kappa shape index (κ2) is 12.7. The van der Waals surface area contributed by atoms with Crippen LogP contribution in [0.2, 0.25) is 0 Å². The zero-order chi connectivity index (χ0) is 27.9. The summed E-state index contributed by atoms with van der Waals surface area (Å²) in [6.07, 6.45) is 5.25. The van der Waals surface area contributed by atoms with E-state index in [1.165, 1.54) is 4.90 Å². The molecule has 1 aliphatic heterocycles. The van der Waals surface area contributed by atoms with E-state index in [2.05, 4.69) is 5.32 Å². The van der Waals surface area contributed by atoms with Gasteiger partial charge < -0.3 is 15.0 Å². The third-order valence-electron chi connectivity index (χ3n) is 7.34. The predicted octanol–water partition coefficient (Wildman–Crippen LogP) is 3.50. The molecule has 1 fully saturated rings. The Morgan fingerprint density at radius 2 is 1.62 bits per heavy atom. The molecule has 2 aliphatic rings. The maximum absolute atomic E-state index is 13.9. The van der Waals surface area contributed by atoms with Crippen molar-refractivity contribution in [1.82, 2.24) is 15.1 Å². The number of likely N-dealkylation sites (tertiary alicyclic amines) is 1. The number of imide groups is 1. The molecule has 8 nitrogen and oxygen atoms in total. The summed E-state index contributed by atoms with van der Waals surface area (Å²) in [5.74, 6) is -1.00. The number of carbonyl (C=O) groups is 4. The minimum Gasteiger partial charge on any atom is -0.497 e. The molecule has 0 unspecified atom stereocenters. The van der Waals surface area contributed by atoms with Gasteiger partial charge in [0, 0.05) is 32.0 Å². The second-order valence-electron chi connectivity index (χ2n) is 10.5. The molecule has 3 atom stereocenters. The van der Waals surface area contributed by atoms with Crippen molar-refractivity contribution in [1.29, 1.82) is 0 Å². The second-order valence-corrected chi connectivity index (χ2v) is 10.5. The Balaban J connectivity index is 1.60. The molecule has 0 bridgehead atoms. The number of fused-ring (bicyclic) bond motifs is 1. The normalized spacial score (nSPS) is 19.1. The first kappa shape index (κ1) is 28.1. The average molecular weight is 532 g/mol. The number of amides is 4. The Hall–Kier alpha value is -3.94. The summed E-state index contributed by atoms with van der Waals surface area (Å²) in [6.45, 7) is 3.94. The third kappa shape index (κ3) is 6.74. The molecule has 0 spiro atoms. The summed E-state index contributed by atoms with van der Waals surface area (Å²) in [5.41, 5.74) is 1.73. The van der Waals surface area contributed by atoms with Crippen LogP contribution in [0.5, 0.6) is 5.75 Å². The van der Waals surface area contributed by atoms with Crippen LogP contribution in [0.3, 0.4) is 0 Å². The van der Waals surface area contributed by atoms with E-state index >= 15 is 0 Å². The summed E-state index contributed by atoms with van der Waals surface area (Å²) in [4.78, 5) is 56.1. The van der Waals surface area contributed by atoms with Crippen LogP contribution in [0.15, 0.2) is 66.7 Å². The molecule has 2 aromatic rings. The van der Waals surface area contributed by atoms with Crippen molar-refractivity contribution in [3.63, 3.8) is 0 Å². The molecule has 0 aromatic heterocycles. The molecule has 0 saturated carbocycles. The highest BCUT2D eigenvalue weighted by molar-refractivity contribution is 6.05. The van der Waals surface area contributed by atoms with Gasteiger partial charge in [-0.25, -0.2) is 0 Å². The molecule has 206 valence electrons. The minimum absolute atomic E-state index is 0.00195. The maximum atomic E-state index is 13.9. The molecule has 4 rings (SSSR count). The lowest BCUT2D eigenvalue weighted by atomic mass is 9.85.